The summed E-state index contributed by atoms with van der Waals surface area (Å²) in [7, 11) is 1.49. The van der Waals surface area contributed by atoms with Crippen molar-refractivity contribution in [1.82, 2.24) is 0 Å². The second kappa shape index (κ2) is 40.4. The first-order valence-corrected chi connectivity index (χ1v) is 25.8. The summed E-state index contributed by atoms with van der Waals surface area (Å²) in [4.78, 5) is 35.0. The first-order chi connectivity index (χ1) is 27.5. The van der Waals surface area contributed by atoms with Gasteiger partial charge in [0.15, 0.2) is 6.10 Å². The largest absolute Gasteiger partial charge is 0.472 e. The number of phosphoric acid groups is 1. The van der Waals surface area contributed by atoms with Crippen LogP contribution in [-0.2, 0) is 32.7 Å². The molecule has 0 aliphatic heterocycles. The Kier molecular flexibility index (Phi) is 39.7. The van der Waals surface area contributed by atoms with Gasteiger partial charge < -0.3 is 18.9 Å². The number of phosphoric ester groups is 1. The zero-order valence-corrected chi connectivity index (χ0v) is 39.2. The summed E-state index contributed by atoms with van der Waals surface area (Å²) in [5, 5.41) is 0. The molecule has 0 bridgehead atoms. The van der Waals surface area contributed by atoms with Crippen molar-refractivity contribution in [3.05, 3.63) is 0 Å². The third-order valence-corrected chi connectivity index (χ3v) is 11.9. The SMILES string of the molecule is CCCCCCCCCCCCCCCCCCCCCCCCCCCCCCC(=O)OC(COC(=O)CCCCCCC)COP(=O)(O)OCC[N+](C)(C)C. The molecule has 0 aliphatic rings. The highest BCUT2D eigenvalue weighted by Gasteiger charge is 2.27. The van der Waals surface area contributed by atoms with Gasteiger partial charge >= 0.3 is 19.8 Å². The van der Waals surface area contributed by atoms with E-state index in [0.29, 0.717) is 11.0 Å². The fourth-order valence-electron chi connectivity index (χ4n) is 7.08. The van der Waals surface area contributed by atoms with E-state index < -0.39 is 26.5 Å². The van der Waals surface area contributed by atoms with Gasteiger partial charge in [-0.25, -0.2) is 4.57 Å². The number of carbonyl (C=O) groups is 2. The second-order valence-electron chi connectivity index (χ2n) is 17.9. The lowest BCUT2D eigenvalue weighted by Gasteiger charge is -2.24. The fourth-order valence-corrected chi connectivity index (χ4v) is 7.82. The molecule has 0 aliphatic carbocycles. The Balaban J connectivity index is 3.88. The molecule has 9 nitrogen and oxygen atoms in total. The van der Waals surface area contributed by atoms with Crippen LogP contribution in [0.4, 0.5) is 0 Å². The smallest absolute Gasteiger partial charge is 0.462 e. The Labute approximate surface area is 353 Å². The number of hydrogen-bond acceptors (Lipinski definition) is 7. The molecule has 0 rings (SSSR count). The second-order valence-corrected chi connectivity index (χ2v) is 19.3. The van der Waals surface area contributed by atoms with E-state index in [9.17, 15) is 19.0 Å². The van der Waals surface area contributed by atoms with Crippen molar-refractivity contribution < 1.29 is 42.1 Å². The quantitative estimate of drug-likeness (QED) is 0.0280. The Morgan fingerprint density at radius 3 is 1.12 bits per heavy atom. The minimum absolute atomic E-state index is 0.0361. The highest BCUT2D eigenvalue weighted by molar-refractivity contribution is 7.47. The maximum atomic E-state index is 12.6. The van der Waals surface area contributed by atoms with E-state index in [4.69, 9.17) is 18.5 Å². The van der Waals surface area contributed by atoms with E-state index in [1.807, 2.05) is 21.1 Å². The molecule has 0 spiro atoms. The predicted octanol–water partition coefficient (Wildman–Crippen LogP) is 14.0. The normalized spacial score (nSPS) is 13.4. The molecule has 340 valence electrons. The lowest BCUT2D eigenvalue weighted by molar-refractivity contribution is -0.870. The summed E-state index contributed by atoms with van der Waals surface area (Å²) in [5.41, 5.74) is 0. The van der Waals surface area contributed by atoms with E-state index in [-0.39, 0.29) is 32.0 Å². The molecule has 0 radical (unpaired) electrons. The van der Waals surface area contributed by atoms with Gasteiger partial charge in [0, 0.05) is 12.8 Å². The minimum Gasteiger partial charge on any atom is -0.462 e. The maximum absolute atomic E-state index is 12.6. The Bertz CT molecular complexity index is 943. The van der Waals surface area contributed by atoms with Crippen molar-refractivity contribution in [1.29, 1.82) is 0 Å². The standard InChI is InChI=1S/C47H94NO8P/c1-6-8-10-12-13-14-15-16-17-18-19-20-21-22-23-24-25-26-27-28-29-30-31-32-33-34-36-38-40-47(50)56-45(43-53-46(49)39-37-35-11-9-7-2)44-55-57(51,52)54-42-41-48(3,4)5/h45H,6-44H2,1-5H3/p+1. The molecule has 0 amide bonds. The average Bonchev–Trinajstić information content (AvgIpc) is 3.16. The van der Waals surface area contributed by atoms with Crippen LogP contribution < -0.4 is 0 Å². The highest BCUT2D eigenvalue weighted by atomic mass is 31.2. The first kappa shape index (κ1) is 56.0. The molecule has 0 saturated carbocycles. The zero-order chi connectivity index (χ0) is 42.1. The van der Waals surface area contributed by atoms with Crippen LogP contribution >= 0.6 is 7.82 Å². The average molecular weight is 833 g/mol. The van der Waals surface area contributed by atoms with Gasteiger partial charge in [-0.3, -0.25) is 18.6 Å². The summed E-state index contributed by atoms with van der Waals surface area (Å²) in [5.74, 6) is -0.799. The molecular weight excluding hydrogens is 737 g/mol. The Hall–Kier alpha value is -0.990. The minimum atomic E-state index is -4.36. The molecule has 2 atom stereocenters. The van der Waals surface area contributed by atoms with Crippen LogP contribution in [0, 0.1) is 0 Å². The molecule has 2 unspecified atom stereocenters. The summed E-state index contributed by atoms with van der Waals surface area (Å²) >= 11 is 0. The van der Waals surface area contributed by atoms with Gasteiger partial charge in [-0.15, -0.1) is 0 Å². The van der Waals surface area contributed by atoms with E-state index >= 15 is 0 Å². The Morgan fingerprint density at radius 2 is 0.789 bits per heavy atom. The number of esters is 2. The first-order valence-electron chi connectivity index (χ1n) is 24.3. The number of hydrogen-bond donors (Lipinski definition) is 1. The fraction of sp³-hybridized carbons (Fsp3) is 0.957. The lowest BCUT2D eigenvalue weighted by Crippen LogP contribution is -2.37. The lowest BCUT2D eigenvalue weighted by atomic mass is 10.0. The molecular formula is C47H95NO8P+. The van der Waals surface area contributed by atoms with Crippen LogP contribution in [0.5, 0.6) is 0 Å². The van der Waals surface area contributed by atoms with Crippen molar-refractivity contribution in [2.45, 2.75) is 245 Å². The van der Waals surface area contributed by atoms with Crippen molar-refractivity contribution in [2.24, 2.45) is 0 Å². The van der Waals surface area contributed by atoms with Crippen LogP contribution in [0.25, 0.3) is 0 Å². The summed E-state index contributed by atoms with van der Waals surface area (Å²) < 4.78 is 34.1. The van der Waals surface area contributed by atoms with E-state index in [0.717, 1.165) is 51.4 Å². The number of quaternary nitrogens is 1. The number of ether oxygens (including phenoxy) is 2. The van der Waals surface area contributed by atoms with E-state index in [1.165, 1.54) is 161 Å². The van der Waals surface area contributed by atoms with Crippen molar-refractivity contribution in [2.75, 3.05) is 47.5 Å². The van der Waals surface area contributed by atoms with Gasteiger partial charge in [0.05, 0.1) is 27.7 Å². The van der Waals surface area contributed by atoms with Crippen molar-refractivity contribution >= 4 is 19.8 Å². The third-order valence-electron chi connectivity index (χ3n) is 10.9. The molecule has 0 aromatic carbocycles. The highest BCUT2D eigenvalue weighted by Crippen LogP contribution is 2.43. The number of nitrogens with zero attached hydrogens (tertiary/aromatic N) is 1. The molecule has 0 fully saturated rings. The van der Waals surface area contributed by atoms with Gasteiger partial charge in [-0.05, 0) is 12.8 Å². The van der Waals surface area contributed by atoms with Crippen LogP contribution in [0.2, 0.25) is 0 Å². The van der Waals surface area contributed by atoms with Gasteiger partial charge in [0.2, 0.25) is 0 Å². The van der Waals surface area contributed by atoms with Crippen molar-refractivity contribution in [3.63, 3.8) is 0 Å². The number of likely N-dealkylation sites (N-methyl/N-ethyl adjacent to an activating group) is 1. The monoisotopic (exact) mass is 833 g/mol. The zero-order valence-electron chi connectivity index (χ0n) is 38.4. The van der Waals surface area contributed by atoms with Crippen LogP contribution in [0.1, 0.15) is 239 Å². The Morgan fingerprint density at radius 1 is 0.474 bits per heavy atom. The molecule has 0 aromatic heterocycles. The van der Waals surface area contributed by atoms with Crippen LogP contribution in [0.3, 0.4) is 0 Å². The summed E-state index contributed by atoms with van der Waals surface area (Å²) in [6.45, 7) is 4.37. The topological polar surface area (TPSA) is 108 Å². The summed E-state index contributed by atoms with van der Waals surface area (Å²) in [6, 6.07) is 0. The van der Waals surface area contributed by atoms with E-state index in [2.05, 4.69) is 13.8 Å². The van der Waals surface area contributed by atoms with Crippen LogP contribution in [0.15, 0.2) is 0 Å². The number of rotatable bonds is 45. The molecule has 1 N–H and O–H groups in total. The molecule has 57 heavy (non-hydrogen) atoms. The molecule has 0 heterocycles. The molecule has 0 aromatic rings. The van der Waals surface area contributed by atoms with Gasteiger partial charge in [-0.1, -0.05) is 213 Å². The predicted molar refractivity (Wildman–Crippen MR) is 238 cm³/mol. The van der Waals surface area contributed by atoms with Gasteiger partial charge in [0.25, 0.3) is 0 Å². The number of carbonyl (C=O) groups excluding carboxylic acids is 2. The maximum Gasteiger partial charge on any atom is 0.472 e. The summed E-state index contributed by atoms with van der Waals surface area (Å²) in [6.07, 6.45) is 42.3. The molecule has 0 saturated heterocycles. The van der Waals surface area contributed by atoms with Crippen molar-refractivity contribution in [3.8, 4) is 0 Å². The van der Waals surface area contributed by atoms with Crippen LogP contribution in [-0.4, -0.2) is 74.9 Å². The van der Waals surface area contributed by atoms with E-state index in [1.54, 1.807) is 0 Å². The van der Waals surface area contributed by atoms with Gasteiger partial charge in [-0.2, -0.15) is 0 Å². The number of unbranched alkanes of at least 4 members (excludes halogenated alkanes) is 31. The van der Waals surface area contributed by atoms with Gasteiger partial charge in [0.1, 0.15) is 19.8 Å². The molecule has 10 heteroatoms. The third kappa shape index (κ3) is 44.4.